The minimum atomic E-state index is -0.894. The average Bonchev–Trinajstić information content (AvgIpc) is 2.42. The third-order valence-corrected chi connectivity index (χ3v) is 2.24. The highest BCUT2D eigenvalue weighted by molar-refractivity contribution is 5.95. The van der Waals surface area contributed by atoms with Gasteiger partial charge in [0, 0.05) is 0 Å². The molecule has 4 heteroatoms. The molecule has 17 heavy (non-hydrogen) atoms. The summed E-state index contributed by atoms with van der Waals surface area (Å²) < 4.78 is 0. The Kier molecular flexibility index (Phi) is 4.87. The third kappa shape index (κ3) is 3.14. The van der Waals surface area contributed by atoms with E-state index < -0.39 is 5.97 Å². The Balaban J connectivity index is 0.000000686. The second-order valence-electron chi connectivity index (χ2n) is 3.22. The lowest BCUT2D eigenvalue weighted by molar-refractivity contribution is 0.0697. The minimum Gasteiger partial charge on any atom is -0.478 e. The summed E-state index contributed by atoms with van der Waals surface area (Å²) in [5.74, 6) is 7.11. The van der Waals surface area contributed by atoms with Crippen molar-refractivity contribution in [3.05, 3.63) is 60.2 Å². The monoisotopic (exact) mass is 230 g/mol. The van der Waals surface area contributed by atoms with Gasteiger partial charge in [0.1, 0.15) is 0 Å². The molecule has 88 valence electrons. The Labute approximate surface area is 99.5 Å². The van der Waals surface area contributed by atoms with E-state index in [0.717, 1.165) is 11.1 Å². The Morgan fingerprint density at radius 1 is 0.882 bits per heavy atom. The molecule has 0 aliphatic carbocycles. The van der Waals surface area contributed by atoms with Crippen LogP contribution < -0.4 is 11.7 Å². The van der Waals surface area contributed by atoms with E-state index in [1.807, 2.05) is 42.5 Å². The lowest BCUT2D eigenvalue weighted by atomic mass is 10.00. The highest BCUT2D eigenvalue weighted by Gasteiger charge is 2.09. The van der Waals surface area contributed by atoms with E-state index in [2.05, 4.69) is 11.7 Å². The Morgan fingerprint density at radius 3 is 2.00 bits per heavy atom. The van der Waals surface area contributed by atoms with Gasteiger partial charge in [-0.15, -0.1) is 0 Å². The maximum atomic E-state index is 11.0. The van der Waals surface area contributed by atoms with Gasteiger partial charge in [-0.05, 0) is 17.2 Å². The molecule has 0 radical (unpaired) electrons. The first-order valence-corrected chi connectivity index (χ1v) is 5.00. The van der Waals surface area contributed by atoms with Crippen molar-refractivity contribution < 1.29 is 9.90 Å². The lowest BCUT2D eigenvalue weighted by Gasteiger charge is -2.05. The molecule has 2 aromatic carbocycles. The number of hydrogen-bond acceptors (Lipinski definition) is 3. The maximum Gasteiger partial charge on any atom is 0.336 e. The second kappa shape index (κ2) is 6.42. The molecule has 0 heterocycles. The Bertz CT molecular complexity index is 484. The zero-order valence-corrected chi connectivity index (χ0v) is 9.21. The van der Waals surface area contributed by atoms with Crippen LogP contribution in [0.25, 0.3) is 11.1 Å². The van der Waals surface area contributed by atoms with E-state index in [-0.39, 0.29) is 0 Å². The van der Waals surface area contributed by atoms with Crippen molar-refractivity contribution in [3.63, 3.8) is 0 Å². The van der Waals surface area contributed by atoms with E-state index in [9.17, 15) is 4.79 Å². The molecule has 0 aliphatic rings. The molecule has 0 saturated carbocycles. The van der Waals surface area contributed by atoms with Crippen molar-refractivity contribution in [2.75, 3.05) is 0 Å². The number of hydrazine groups is 1. The summed E-state index contributed by atoms with van der Waals surface area (Å²) in [4.78, 5) is 11.0. The van der Waals surface area contributed by atoms with Crippen molar-refractivity contribution in [2.45, 2.75) is 0 Å². The van der Waals surface area contributed by atoms with Gasteiger partial charge in [-0.1, -0.05) is 48.5 Å². The molecule has 0 aliphatic heterocycles. The number of hydrogen-bond donors (Lipinski definition) is 3. The first-order valence-electron chi connectivity index (χ1n) is 5.00. The minimum absolute atomic E-state index is 0.337. The molecular weight excluding hydrogens is 216 g/mol. The van der Waals surface area contributed by atoms with Gasteiger partial charge in [-0.2, -0.15) is 0 Å². The van der Waals surface area contributed by atoms with E-state index in [4.69, 9.17) is 5.11 Å². The summed E-state index contributed by atoms with van der Waals surface area (Å²) >= 11 is 0. The van der Waals surface area contributed by atoms with Gasteiger partial charge in [0.2, 0.25) is 0 Å². The van der Waals surface area contributed by atoms with Crippen LogP contribution in [0, 0.1) is 0 Å². The average molecular weight is 230 g/mol. The van der Waals surface area contributed by atoms with Gasteiger partial charge in [-0.25, -0.2) is 4.79 Å². The summed E-state index contributed by atoms with van der Waals surface area (Å²) in [6.07, 6.45) is 0. The fraction of sp³-hybridized carbons (Fsp3) is 0. The van der Waals surface area contributed by atoms with E-state index in [0.29, 0.717) is 5.56 Å². The number of carboxylic acid groups (broad SMARTS) is 1. The number of carbonyl (C=O) groups is 1. The number of benzene rings is 2. The van der Waals surface area contributed by atoms with Gasteiger partial charge < -0.3 is 5.11 Å². The Morgan fingerprint density at radius 2 is 1.41 bits per heavy atom. The third-order valence-electron chi connectivity index (χ3n) is 2.24. The van der Waals surface area contributed by atoms with Crippen LogP contribution in [0.3, 0.4) is 0 Å². The van der Waals surface area contributed by atoms with Crippen molar-refractivity contribution in [1.29, 1.82) is 0 Å². The summed E-state index contributed by atoms with van der Waals surface area (Å²) in [5, 5.41) is 9.03. The van der Waals surface area contributed by atoms with Crippen LogP contribution in [0.5, 0.6) is 0 Å². The highest BCUT2D eigenvalue weighted by Crippen LogP contribution is 2.22. The van der Waals surface area contributed by atoms with Crippen LogP contribution in [0.2, 0.25) is 0 Å². The van der Waals surface area contributed by atoms with Crippen LogP contribution in [-0.4, -0.2) is 11.1 Å². The molecule has 2 aromatic rings. The zero-order valence-electron chi connectivity index (χ0n) is 9.21. The molecule has 0 aromatic heterocycles. The van der Waals surface area contributed by atoms with Crippen LogP contribution in [0.1, 0.15) is 10.4 Å². The molecule has 5 N–H and O–H groups in total. The SMILES string of the molecule is NN.O=C(O)c1ccccc1-c1ccccc1. The molecule has 0 fully saturated rings. The van der Waals surface area contributed by atoms with Crippen molar-refractivity contribution in [2.24, 2.45) is 11.7 Å². The largest absolute Gasteiger partial charge is 0.478 e. The number of carboxylic acids is 1. The van der Waals surface area contributed by atoms with Crippen molar-refractivity contribution >= 4 is 5.97 Å². The number of rotatable bonds is 2. The normalized spacial score (nSPS) is 9.06. The predicted octanol–water partition coefficient (Wildman–Crippen LogP) is 1.87. The molecule has 0 saturated heterocycles. The van der Waals surface area contributed by atoms with E-state index >= 15 is 0 Å². The smallest absolute Gasteiger partial charge is 0.336 e. The van der Waals surface area contributed by atoms with Crippen LogP contribution in [-0.2, 0) is 0 Å². The standard InChI is InChI=1S/C13H10O2.H4N2/c14-13(15)12-9-5-4-8-11(12)10-6-2-1-3-7-10;1-2/h1-9H,(H,14,15);1-2H2. The van der Waals surface area contributed by atoms with Gasteiger partial charge in [0.05, 0.1) is 5.56 Å². The van der Waals surface area contributed by atoms with E-state index in [1.165, 1.54) is 0 Å². The van der Waals surface area contributed by atoms with Gasteiger partial charge in [0.15, 0.2) is 0 Å². The van der Waals surface area contributed by atoms with Crippen molar-refractivity contribution in [1.82, 2.24) is 0 Å². The molecule has 2 rings (SSSR count). The summed E-state index contributed by atoms with van der Waals surface area (Å²) in [5.41, 5.74) is 2.02. The lowest BCUT2D eigenvalue weighted by Crippen LogP contribution is -2.02. The summed E-state index contributed by atoms with van der Waals surface area (Å²) in [7, 11) is 0. The second-order valence-corrected chi connectivity index (χ2v) is 3.22. The molecule has 0 spiro atoms. The fourth-order valence-corrected chi connectivity index (χ4v) is 1.54. The molecule has 0 unspecified atom stereocenters. The summed E-state index contributed by atoms with van der Waals surface area (Å²) in [6, 6.07) is 16.5. The number of aromatic carboxylic acids is 1. The first kappa shape index (κ1) is 12.9. The quantitative estimate of drug-likeness (QED) is 0.542. The zero-order chi connectivity index (χ0) is 12.7. The van der Waals surface area contributed by atoms with Crippen molar-refractivity contribution in [3.8, 4) is 11.1 Å². The molecule has 4 nitrogen and oxygen atoms in total. The fourth-order valence-electron chi connectivity index (χ4n) is 1.54. The molecule has 0 atom stereocenters. The van der Waals surface area contributed by atoms with Gasteiger partial charge in [-0.3, -0.25) is 11.7 Å². The van der Waals surface area contributed by atoms with Crippen LogP contribution in [0.4, 0.5) is 0 Å². The highest BCUT2D eigenvalue weighted by atomic mass is 16.4. The van der Waals surface area contributed by atoms with Crippen LogP contribution >= 0.6 is 0 Å². The predicted molar refractivity (Wildman–Crippen MR) is 67.2 cm³/mol. The molecule has 0 amide bonds. The topological polar surface area (TPSA) is 89.3 Å². The van der Waals surface area contributed by atoms with E-state index in [1.54, 1.807) is 12.1 Å². The summed E-state index contributed by atoms with van der Waals surface area (Å²) in [6.45, 7) is 0. The first-order chi connectivity index (χ1) is 8.29. The van der Waals surface area contributed by atoms with Gasteiger partial charge >= 0.3 is 5.97 Å². The Hall–Kier alpha value is -2.17. The maximum absolute atomic E-state index is 11.0. The molecular formula is C13H14N2O2. The van der Waals surface area contributed by atoms with Gasteiger partial charge in [0.25, 0.3) is 0 Å². The molecule has 0 bridgehead atoms. The van der Waals surface area contributed by atoms with Crippen LogP contribution in [0.15, 0.2) is 54.6 Å². The number of nitrogens with two attached hydrogens (primary N) is 2.